The summed E-state index contributed by atoms with van der Waals surface area (Å²) in [6.45, 7) is 10.7. The van der Waals surface area contributed by atoms with Crippen LogP contribution in [0.15, 0.2) is 71.5 Å². The standard InChI is InChI=1S/C31H35ClN4O2/c1-6-27(35(17-16-20(2)3)31(38)33-24-11-9-10-21(4)18-24)29-34-26-13-8-7-12-25(26)30(37)36(29)28-15-14-23(32)19-22(28)5/h7-15,18-20,27H,6,16-17H2,1-5H3,(H,33,38). The molecular weight excluding hydrogens is 496 g/mol. The highest BCUT2D eigenvalue weighted by molar-refractivity contribution is 6.30. The molecule has 3 aromatic carbocycles. The summed E-state index contributed by atoms with van der Waals surface area (Å²) in [5, 5.41) is 4.20. The Balaban J connectivity index is 1.90. The lowest BCUT2D eigenvalue weighted by Gasteiger charge is -2.33. The van der Waals surface area contributed by atoms with Crippen LogP contribution >= 0.6 is 11.6 Å². The number of fused-ring (bicyclic) bond motifs is 1. The lowest BCUT2D eigenvalue weighted by Crippen LogP contribution is -2.41. The highest BCUT2D eigenvalue weighted by Gasteiger charge is 2.29. The second-order valence-corrected chi connectivity index (χ2v) is 10.6. The fraction of sp³-hybridized carbons (Fsp3) is 0.323. The van der Waals surface area contributed by atoms with Gasteiger partial charge in [0.1, 0.15) is 5.82 Å². The van der Waals surface area contributed by atoms with Crippen LogP contribution in [0.4, 0.5) is 10.5 Å². The Kier molecular flexibility index (Phi) is 8.52. The number of urea groups is 1. The van der Waals surface area contributed by atoms with E-state index in [2.05, 4.69) is 19.2 Å². The number of aryl methyl sites for hydroxylation is 2. The molecule has 4 aromatic rings. The zero-order valence-electron chi connectivity index (χ0n) is 22.7. The van der Waals surface area contributed by atoms with E-state index in [0.717, 1.165) is 23.2 Å². The van der Waals surface area contributed by atoms with E-state index in [4.69, 9.17) is 16.6 Å². The molecule has 0 aliphatic rings. The normalized spacial score (nSPS) is 12.1. The zero-order valence-corrected chi connectivity index (χ0v) is 23.4. The Morgan fingerprint density at radius 3 is 2.50 bits per heavy atom. The average molecular weight is 531 g/mol. The summed E-state index contributed by atoms with van der Waals surface area (Å²) >= 11 is 6.26. The van der Waals surface area contributed by atoms with E-state index in [9.17, 15) is 9.59 Å². The van der Waals surface area contributed by atoms with Crippen molar-refractivity contribution < 1.29 is 4.79 Å². The molecule has 7 heteroatoms. The number of nitrogens with one attached hydrogen (secondary N) is 1. The first-order valence-electron chi connectivity index (χ1n) is 13.1. The van der Waals surface area contributed by atoms with Gasteiger partial charge in [-0.05, 0) is 86.2 Å². The number of benzene rings is 3. The largest absolute Gasteiger partial charge is 0.322 e. The predicted molar refractivity (Wildman–Crippen MR) is 156 cm³/mol. The summed E-state index contributed by atoms with van der Waals surface area (Å²) in [5.41, 5.74) is 3.79. The molecule has 1 heterocycles. The van der Waals surface area contributed by atoms with E-state index >= 15 is 0 Å². The van der Waals surface area contributed by atoms with Crippen molar-refractivity contribution in [2.24, 2.45) is 5.92 Å². The number of amides is 2. The Morgan fingerprint density at radius 2 is 1.82 bits per heavy atom. The van der Waals surface area contributed by atoms with Gasteiger partial charge in [-0.2, -0.15) is 0 Å². The fourth-order valence-corrected chi connectivity index (χ4v) is 4.96. The van der Waals surface area contributed by atoms with E-state index in [1.54, 1.807) is 16.7 Å². The molecule has 198 valence electrons. The number of hydrogen-bond donors (Lipinski definition) is 1. The molecule has 0 saturated carbocycles. The summed E-state index contributed by atoms with van der Waals surface area (Å²) in [7, 11) is 0. The first kappa shape index (κ1) is 27.4. The second kappa shape index (κ2) is 11.8. The van der Waals surface area contributed by atoms with Crippen molar-refractivity contribution in [3.05, 3.63) is 99.1 Å². The summed E-state index contributed by atoms with van der Waals surface area (Å²) in [5.74, 6) is 0.928. The smallest absolute Gasteiger partial charge is 0.314 e. The van der Waals surface area contributed by atoms with Gasteiger partial charge in [0, 0.05) is 17.3 Å². The van der Waals surface area contributed by atoms with Gasteiger partial charge in [0.25, 0.3) is 5.56 Å². The van der Waals surface area contributed by atoms with Crippen LogP contribution in [0.3, 0.4) is 0 Å². The number of hydrogen-bond acceptors (Lipinski definition) is 3. The zero-order chi connectivity index (χ0) is 27.4. The van der Waals surface area contributed by atoms with Gasteiger partial charge in [0.05, 0.1) is 22.6 Å². The first-order chi connectivity index (χ1) is 18.2. The molecule has 38 heavy (non-hydrogen) atoms. The van der Waals surface area contributed by atoms with Crippen molar-refractivity contribution in [1.82, 2.24) is 14.5 Å². The SMILES string of the molecule is CCC(c1nc2ccccc2c(=O)n1-c1ccc(Cl)cc1C)N(CCC(C)C)C(=O)Nc1cccc(C)c1. The van der Waals surface area contributed by atoms with Crippen molar-refractivity contribution in [2.75, 3.05) is 11.9 Å². The van der Waals surface area contributed by atoms with Gasteiger partial charge in [-0.1, -0.05) is 56.6 Å². The number of anilines is 1. The van der Waals surface area contributed by atoms with Crippen LogP contribution in [0.1, 0.15) is 56.6 Å². The maximum absolute atomic E-state index is 14.0. The van der Waals surface area contributed by atoms with Crippen molar-refractivity contribution in [2.45, 2.75) is 53.5 Å². The highest BCUT2D eigenvalue weighted by Crippen LogP contribution is 2.29. The maximum atomic E-state index is 14.0. The van der Waals surface area contributed by atoms with Gasteiger partial charge in [0.15, 0.2) is 0 Å². The molecule has 1 atom stereocenters. The third-order valence-electron chi connectivity index (χ3n) is 6.74. The summed E-state index contributed by atoms with van der Waals surface area (Å²) in [6.07, 6.45) is 1.40. The highest BCUT2D eigenvalue weighted by atomic mass is 35.5. The molecule has 2 amide bonds. The number of carbonyl (C=O) groups is 1. The van der Waals surface area contributed by atoms with Gasteiger partial charge < -0.3 is 10.2 Å². The average Bonchev–Trinajstić information content (AvgIpc) is 2.87. The number of aromatic nitrogens is 2. The summed E-state index contributed by atoms with van der Waals surface area (Å²) < 4.78 is 1.66. The second-order valence-electron chi connectivity index (χ2n) is 10.2. The minimum absolute atomic E-state index is 0.169. The maximum Gasteiger partial charge on any atom is 0.322 e. The van der Waals surface area contributed by atoms with Crippen LogP contribution in [-0.2, 0) is 0 Å². The lowest BCUT2D eigenvalue weighted by atomic mass is 10.1. The van der Waals surface area contributed by atoms with Crippen LogP contribution in [0.25, 0.3) is 16.6 Å². The number of para-hydroxylation sites is 1. The molecule has 0 aliphatic heterocycles. The molecular formula is C31H35ClN4O2. The van der Waals surface area contributed by atoms with Gasteiger partial charge in [-0.15, -0.1) is 0 Å². The summed E-state index contributed by atoms with van der Waals surface area (Å²) in [4.78, 5) is 34.6. The molecule has 0 bridgehead atoms. The topological polar surface area (TPSA) is 67.2 Å². The molecule has 0 spiro atoms. The molecule has 1 N–H and O–H groups in total. The monoisotopic (exact) mass is 530 g/mol. The first-order valence-corrected chi connectivity index (χ1v) is 13.5. The third kappa shape index (κ3) is 5.91. The van der Waals surface area contributed by atoms with E-state index in [1.165, 1.54) is 0 Å². The molecule has 1 aromatic heterocycles. The quantitative estimate of drug-likeness (QED) is 0.254. The molecule has 0 fully saturated rings. The van der Waals surface area contributed by atoms with Gasteiger partial charge in [-0.3, -0.25) is 9.36 Å². The molecule has 0 aliphatic carbocycles. The Morgan fingerprint density at radius 1 is 1.05 bits per heavy atom. The van der Waals surface area contributed by atoms with E-state index in [-0.39, 0.29) is 11.6 Å². The minimum Gasteiger partial charge on any atom is -0.314 e. The third-order valence-corrected chi connectivity index (χ3v) is 6.98. The molecule has 4 rings (SSSR count). The predicted octanol–water partition coefficient (Wildman–Crippen LogP) is 7.69. The van der Waals surface area contributed by atoms with E-state index in [1.807, 2.05) is 80.3 Å². The number of halogens is 1. The Labute approximate surface area is 229 Å². The number of carbonyl (C=O) groups excluding carboxylic acids is 1. The van der Waals surface area contributed by atoms with Crippen molar-refractivity contribution in [1.29, 1.82) is 0 Å². The van der Waals surface area contributed by atoms with Gasteiger partial charge in [-0.25, -0.2) is 9.78 Å². The van der Waals surface area contributed by atoms with Crippen molar-refractivity contribution in [3.8, 4) is 5.69 Å². The minimum atomic E-state index is -0.439. The number of nitrogens with zero attached hydrogens (tertiary/aromatic N) is 3. The van der Waals surface area contributed by atoms with Crippen LogP contribution in [0.5, 0.6) is 0 Å². The van der Waals surface area contributed by atoms with E-state index in [0.29, 0.717) is 46.3 Å². The van der Waals surface area contributed by atoms with Crippen molar-refractivity contribution in [3.63, 3.8) is 0 Å². The fourth-order valence-electron chi connectivity index (χ4n) is 4.73. The van der Waals surface area contributed by atoms with Gasteiger partial charge in [0.2, 0.25) is 0 Å². The van der Waals surface area contributed by atoms with Crippen LogP contribution in [0, 0.1) is 19.8 Å². The molecule has 1 unspecified atom stereocenters. The molecule has 0 saturated heterocycles. The van der Waals surface area contributed by atoms with Crippen LogP contribution < -0.4 is 10.9 Å². The molecule has 0 radical (unpaired) electrons. The Hall–Kier alpha value is -3.64. The Bertz CT molecular complexity index is 1510. The van der Waals surface area contributed by atoms with E-state index < -0.39 is 6.04 Å². The van der Waals surface area contributed by atoms with Crippen molar-refractivity contribution >= 4 is 34.2 Å². The van der Waals surface area contributed by atoms with Crippen LogP contribution in [0.2, 0.25) is 5.02 Å². The molecule has 6 nitrogen and oxygen atoms in total. The van der Waals surface area contributed by atoms with Crippen LogP contribution in [-0.4, -0.2) is 27.0 Å². The van der Waals surface area contributed by atoms with Gasteiger partial charge >= 0.3 is 6.03 Å². The number of rotatable bonds is 8. The summed E-state index contributed by atoms with van der Waals surface area (Å²) in [6, 6.07) is 19.9. The lowest BCUT2D eigenvalue weighted by molar-refractivity contribution is 0.176.